The summed E-state index contributed by atoms with van der Waals surface area (Å²) < 4.78 is 0. The summed E-state index contributed by atoms with van der Waals surface area (Å²) in [4.78, 5) is 2.48. The summed E-state index contributed by atoms with van der Waals surface area (Å²) in [6.07, 6.45) is 4.60. The Labute approximate surface area is 100.0 Å². The van der Waals surface area contributed by atoms with Crippen LogP contribution in [0.15, 0.2) is 0 Å². The van der Waals surface area contributed by atoms with Crippen molar-refractivity contribution in [2.45, 2.75) is 45.7 Å². The van der Waals surface area contributed by atoms with E-state index in [-0.39, 0.29) is 0 Å². The molecule has 0 saturated heterocycles. The van der Waals surface area contributed by atoms with Crippen LogP contribution < -0.4 is 5.73 Å². The molecule has 0 amide bonds. The molecule has 0 aliphatic rings. The zero-order valence-electron chi connectivity index (χ0n) is 11.0. The monoisotopic (exact) mass is 232 g/mol. The molecule has 2 atom stereocenters. The van der Waals surface area contributed by atoms with Gasteiger partial charge in [-0.3, -0.25) is 4.90 Å². The van der Waals surface area contributed by atoms with Gasteiger partial charge in [-0.1, -0.05) is 20.8 Å². The van der Waals surface area contributed by atoms with Crippen molar-refractivity contribution in [2.75, 3.05) is 25.6 Å². The first-order valence-corrected chi connectivity index (χ1v) is 7.37. The molecule has 0 saturated carbocycles. The van der Waals surface area contributed by atoms with Gasteiger partial charge in [-0.25, -0.2) is 0 Å². The lowest BCUT2D eigenvalue weighted by Crippen LogP contribution is -2.45. The van der Waals surface area contributed by atoms with Crippen molar-refractivity contribution >= 4 is 11.8 Å². The van der Waals surface area contributed by atoms with E-state index in [0.29, 0.717) is 12.1 Å². The summed E-state index contributed by atoms with van der Waals surface area (Å²) >= 11 is 1.93. The summed E-state index contributed by atoms with van der Waals surface area (Å²) in [6.45, 7) is 7.58. The van der Waals surface area contributed by atoms with Crippen LogP contribution in [0.2, 0.25) is 0 Å². The van der Waals surface area contributed by atoms with Crippen LogP contribution in [0.3, 0.4) is 0 Å². The van der Waals surface area contributed by atoms with Crippen molar-refractivity contribution in [1.82, 2.24) is 4.90 Å². The zero-order valence-corrected chi connectivity index (χ0v) is 11.8. The summed E-state index contributed by atoms with van der Waals surface area (Å²) in [5, 5.41) is 0. The molecule has 0 rings (SSSR count). The average Bonchev–Trinajstić information content (AvgIpc) is 2.21. The van der Waals surface area contributed by atoms with Crippen LogP contribution in [0, 0.1) is 5.92 Å². The Morgan fingerprint density at radius 3 is 2.20 bits per heavy atom. The van der Waals surface area contributed by atoms with E-state index in [1.807, 2.05) is 11.8 Å². The van der Waals surface area contributed by atoms with E-state index in [4.69, 9.17) is 5.73 Å². The van der Waals surface area contributed by atoms with Gasteiger partial charge >= 0.3 is 0 Å². The lowest BCUT2D eigenvalue weighted by atomic mass is 10.0. The number of nitrogens with zero attached hydrogens (tertiary/aromatic N) is 1. The van der Waals surface area contributed by atoms with E-state index >= 15 is 0 Å². The molecule has 0 heterocycles. The molecule has 3 heteroatoms. The molecule has 0 aromatic rings. The van der Waals surface area contributed by atoms with Crippen molar-refractivity contribution in [3.8, 4) is 0 Å². The number of rotatable bonds is 8. The third kappa shape index (κ3) is 5.79. The first-order valence-electron chi connectivity index (χ1n) is 5.97. The van der Waals surface area contributed by atoms with Crippen LogP contribution >= 0.6 is 11.8 Å². The molecule has 2 N–H and O–H groups in total. The van der Waals surface area contributed by atoms with Gasteiger partial charge in [0.1, 0.15) is 0 Å². The molecule has 0 aliphatic carbocycles. The Morgan fingerprint density at radius 1 is 1.27 bits per heavy atom. The molecule has 0 bridgehead atoms. The van der Waals surface area contributed by atoms with Gasteiger partial charge in [0.25, 0.3) is 0 Å². The topological polar surface area (TPSA) is 29.3 Å². The number of hydrogen-bond acceptors (Lipinski definition) is 3. The van der Waals surface area contributed by atoms with Gasteiger partial charge in [0.15, 0.2) is 0 Å². The smallest absolute Gasteiger partial charge is 0.0221 e. The molecule has 0 aromatic heterocycles. The van der Waals surface area contributed by atoms with Gasteiger partial charge in [0, 0.05) is 24.4 Å². The molecule has 15 heavy (non-hydrogen) atoms. The van der Waals surface area contributed by atoms with E-state index in [9.17, 15) is 0 Å². The predicted octanol–water partition coefficient (Wildman–Crippen LogP) is 2.43. The Bertz CT molecular complexity index is 151. The van der Waals surface area contributed by atoms with Crippen molar-refractivity contribution in [1.29, 1.82) is 0 Å². The van der Waals surface area contributed by atoms with Gasteiger partial charge < -0.3 is 5.73 Å². The molecule has 0 aliphatic heterocycles. The van der Waals surface area contributed by atoms with Gasteiger partial charge in [-0.2, -0.15) is 11.8 Å². The normalized spacial score (nSPS) is 16.0. The second-order valence-electron chi connectivity index (χ2n) is 4.70. The molecule has 0 fully saturated rings. The van der Waals surface area contributed by atoms with Crippen LogP contribution in [-0.4, -0.2) is 42.6 Å². The summed E-state index contributed by atoms with van der Waals surface area (Å²) in [6, 6.07) is 1.22. The zero-order chi connectivity index (χ0) is 11.8. The standard InChI is InChI=1S/C12H28N2S/c1-6-11(9-15-5)14(4)12(8-13)7-10(2)3/h10-12H,6-9,13H2,1-5H3. The van der Waals surface area contributed by atoms with E-state index in [1.165, 1.54) is 18.6 Å². The summed E-state index contributed by atoms with van der Waals surface area (Å²) in [5.41, 5.74) is 5.86. The van der Waals surface area contributed by atoms with Crippen LogP contribution in [0.5, 0.6) is 0 Å². The summed E-state index contributed by atoms with van der Waals surface area (Å²) in [5.74, 6) is 1.94. The van der Waals surface area contributed by atoms with Gasteiger partial charge in [-0.15, -0.1) is 0 Å². The Morgan fingerprint density at radius 2 is 1.87 bits per heavy atom. The van der Waals surface area contributed by atoms with E-state index < -0.39 is 0 Å². The van der Waals surface area contributed by atoms with Crippen LogP contribution in [0.1, 0.15) is 33.6 Å². The fourth-order valence-electron chi connectivity index (χ4n) is 1.99. The van der Waals surface area contributed by atoms with Gasteiger partial charge in [0.05, 0.1) is 0 Å². The first-order chi connectivity index (χ1) is 7.06. The number of hydrogen-bond donors (Lipinski definition) is 1. The van der Waals surface area contributed by atoms with Gasteiger partial charge in [-0.05, 0) is 32.1 Å². The molecule has 2 unspecified atom stereocenters. The van der Waals surface area contributed by atoms with Crippen molar-refractivity contribution in [3.05, 3.63) is 0 Å². The van der Waals surface area contributed by atoms with Crippen LogP contribution in [0.4, 0.5) is 0 Å². The lowest BCUT2D eigenvalue weighted by molar-refractivity contribution is 0.166. The maximum Gasteiger partial charge on any atom is 0.0221 e. The quantitative estimate of drug-likeness (QED) is 0.697. The second kappa shape index (κ2) is 8.43. The van der Waals surface area contributed by atoms with Crippen LogP contribution in [-0.2, 0) is 0 Å². The molecule has 2 nitrogen and oxygen atoms in total. The van der Waals surface area contributed by atoms with E-state index in [2.05, 4.69) is 39.0 Å². The third-order valence-electron chi connectivity index (χ3n) is 3.00. The Kier molecular flexibility index (Phi) is 8.58. The summed E-state index contributed by atoms with van der Waals surface area (Å²) in [7, 11) is 2.23. The highest BCUT2D eigenvalue weighted by atomic mass is 32.2. The molecule has 0 radical (unpaired) electrons. The van der Waals surface area contributed by atoms with Gasteiger partial charge in [0.2, 0.25) is 0 Å². The first kappa shape index (κ1) is 15.3. The fraction of sp³-hybridized carbons (Fsp3) is 1.00. The minimum atomic E-state index is 0.544. The maximum absolute atomic E-state index is 5.86. The molecular formula is C12H28N2S. The number of nitrogens with two attached hydrogens (primary N) is 1. The van der Waals surface area contributed by atoms with Crippen molar-refractivity contribution in [3.63, 3.8) is 0 Å². The van der Waals surface area contributed by atoms with E-state index in [0.717, 1.165) is 12.5 Å². The second-order valence-corrected chi connectivity index (χ2v) is 5.61. The minimum Gasteiger partial charge on any atom is -0.329 e. The Balaban J connectivity index is 4.25. The highest BCUT2D eigenvalue weighted by molar-refractivity contribution is 7.98. The molecule has 92 valence electrons. The average molecular weight is 232 g/mol. The Hall–Kier alpha value is 0.270. The largest absolute Gasteiger partial charge is 0.329 e. The number of thioether (sulfide) groups is 1. The SMILES string of the molecule is CCC(CSC)N(C)C(CN)CC(C)C. The van der Waals surface area contributed by atoms with Crippen molar-refractivity contribution in [2.24, 2.45) is 11.7 Å². The van der Waals surface area contributed by atoms with Crippen molar-refractivity contribution < 1.29 is 0 Å². The lowest BCUT2D eigenvalue weighted by Gasteiger charge is -2.34. The van der Waals surface area contributed by atoms with Crippen LogP contribution in [0.25, 0.3) is 0 Å². The predicted molar refractivity (Wildman–Crippen MR) is 72.5 cm³/mol. The third-order valence-corrected chi connectivity index (χ3v) is 3.72. The number of likely N-dealkylation sites (N-methyl/N-ethyl adjacent to an activating group) is 1. The maximum atomic E-state index is 5.86. The minimum absolute atomic E-state index is 0.544. The highest BCUT2D eigenvalue weighted by Gasteiger charge is 2.20. The molecule has 0 aromatic carbocycles. The van der Waals surface area contributed by atoms with E-state index in [1.54, 1.807) is 0 Å². The highest BCUT2D eigenvalue weighted by Crippen LogP contribution is 2.16. The fourth-order valence-corrected chi connectivity index (χ4v) is 2.84. The molecular weight excluding hydrogens is 204 g/mol. The molecule has 0 spiro atoms.